The fourth-order valence-corrected chi connectivity index (χ4v) is 1.32. The van der Waals surface area contributed by atoms with Crippen molar-refractivity contribution in [3.63, 3.8) is 0 Å². The molecule has 2 heterocycles. The lowest BCUT2D eigenvalue weighted by Crippen LogP contribution is -1.87. The summed E-state index contributed by atoms with van der Waals surface area (Å²) in [4.78, 5) is 14.8. The topological polar surface area (TPSA) is 77.6 Å². The third-order valence-electron chi connectivity index (χ3n) is 2.08. The summed E-state index contributed by atoms with van der Waals surface area (Å²) < 4.78 is 0. The highest BCUT2D eigenvalue weighted by Crippen LogP contribution is 2.16. The van der Waals surface area contributed by atoms with Crippen molar-refractivity contribution in [3.05, 3.63) is 55.5 Å². The number of benzene rings is 1. The molecule has 5 heteroatoms. The summed E-state index contributed by atoms with van der Waals surface area (Å²) in [5, 5.41) is 1.02. The van der Waals surface area contributed by atoms with E-state index in [1.54, 1.807) is 6.20 Å². The molecule has 0 amide bonds. The third kappa shape index (κ3) is 2.94. The first-order chi connectivity index (χ1) is 8.38. The summed E-state index contributed by atoms with van der Waals surface area (Å²) in [5.41, 5.74) is 7.46. The maximum Gasteiger partial charge on any atom is 0.119 e. The first kappa shape index (κ1) is 10.9. The monoisotopic (exact) mass is 225 g/mol. The van der Waals surface area contributed by atoms with E-state index in [9.17, 15) is 0 Å². The number of pyridine rings is 1. The molecule has 2 aromatic heterocycles. The highest BCUT2D eigenvalue weighted by molar-refractivity contribution is 5.89. The lowest BCUT2D eigenvalue weighted by atomic mass is 10.2. The SMILES string of the molecule is Nc1ccnc2ccccc12.c1ncncn1. The standard InChI is InChI=1S/C9H8N2.C3H3N3/c10-8-5-6-11-9-4-2-1-3-7(8)9;1-4-2-6-3-5-1/h1-6H,(H2,10,11);1-3H. The van der Waals surface area contributed by atoms with Crippen molar-refractivity contribution < 1.29 is 0 Å². The molecule has 17 heavy (non-hydrogen) atoms. The van der Waals surface area contributed by atoms with Crippen LogP contribution in [0.3, 0.4) is 0 Å². The highest BCUT2D eigenvalue weighted by Gasteiger charge is 1.94. The van der Waals surface area contributed by atoms with Crippen molar-refractivity contribution in [2.45, 2.75) is 0 Å². The van der Waals surface area contributed by atoms with Crippen LogP contribution in [0.5, 0.6) is 0 Å². The quantitative estimate of drug-likeness (QED) is 0.630. The predicted octanol–water partition coefficient (Wildman–Crippen LogP) is 1.69. The molecule has 0 aliphatic heterocycles. The summed E-state index contributed by atoms with van der Waals surface area (Å²) in [5.74, 6) is 0. The smallest absolute Gasteiger partial charge is 0.119 e. The van der Waals surface area contributed by atoms with Crippen LogP contribution in [-0.2, 0) is 0 Å². The summed E-state index contributed by atoms with van der Waals surface area (Å²) in [6.45, 7) is 0. The van der Waals surface area contributed by atoms with Gasteiger partial charge in [-0.1, -0.05) is 18.2 Å². The Hall–Kier alpha value is -2.56. The van der Waals surface area contributed by atoms with Crippen LogP contribution in [0.15, 0.2) is 55.5 Å². The molecule has 5 nitrogen and oxygen atoms in total. The summed E-state index contributed by atoms with van der Waals surface area (Å²) >= 11 is 0. The molecule has 0 saturated carbocycles. The molecule has 1 aromatic carbocycles. The van der Waals surface area contributed by atoms with Gasteiger partial charge in [-0.15, -0.1) is 0 Å². The molecule has 0 fully saturated rings. The third-order valence-corrected chi connectivity index (χ3v) is 2.08. The molecule has 3 aromatic rings. The molecule has 0 radical (unpaired) electrons. The Labute approximate surface area is 98.4 Å². The van der Waals surface area contributed by atoms with Crippen LogP contribution in [0, 0.1) is 0 Å². The number of fused-ring (bicyclic) bond motifs is 1. The number of para-hydroxylation sites is 1. The first-order valence-corrected chi connectivity index (χ1v) is 5.02. The second-order valence-corrected chi connectivity index (χ2v) is 3.21. The highest BCUT2D eigenvalue weighted by atomic mass is 14.9. The molecular weight excluding hydrogens is 214 g/mol. The molecular formula is C12H11N5. The Morgan fingerprint density at radius 1 is 0.824 bits per heavy atom. The Kier molecular flexibility index (Phi) is 3.54. The largest absolute Gasteiger partial charge is 0.398 e. The van der Waals surface area contributed by atoms with Gasteiger partial charge in [0.2, 0.25) is 0 Å². The zero-order valence-electron chi connectivity index (χ0n) is 9.06. The van der Waals surface area contributed by atoms with Crippen LogP contribution in [0.4, 0.5) is 5.69 Å². The minimum Gasteiger partial charge on any atom is -0.398 e. The van der Waals surface area contributed by atoms with E-state index in [0.29, 0.717) is 0 Å². The van der Waals surface area contributed by atoms with Gasteiger partial charge in [0.1, 0.15) is 19.0 Å². The number of aromatic nitrogens is 4. The first-order valence-electron chi connectivity index (χ1n) is 5.02. The van der Waals surface area contributed by atoms with E-state index in [1.807, 2.05) is 30.3 Å². The lowest BCUT2D eigenvalue weighted by molar-refractivity contribution is 1.05. The summed E-state index contributed by atoms with van der Waals surface area (Å²) in [6.07, 6.45) is 6.03. The van der Waals surface area contributed by atoms with Gasteiger partial charge in [0.15, 0.2) is 0 Å². The molecule has 3 rings (SSSR count). The van der Waals surface area contributed by atoms with E-state index in [1.165, 1.54) is 19.0 Å². The van der Waals surface area contributed by atoms with Gasteiger partial charge in [0.25, 0.3) is 0 Å². The molecule has 0 bridgehead atoms. The minimum atomic E-state index is 0.788. The van der Waals surface area contributed by atoms with Crippen molar-refractivity contribution in [3.8, 4) is 0 Å². The molecule has 84 valence electrons. The zero-order chi connectivity index (χ0) is 11.9. The van der Waals surface area contributed by atoms with Crippen LogP contribution in [0.1, 0.15) is 0 Å². The van der Waals surface area contributed by atoms with E-state index in [4.69, 9.17) is 5.73 Å². The molecule has 0 unspecified atom stereocenters. The Morgan fingerprint density at radius 2 is 1.47 bits per heavy atom. The van der Waals surface area contributed by atoms with Gasteiger partial charge in [0, 0.05) is 17.3 Å². The van der Waals surface area contributed by atoms with E-state index >= 15 is 0 Å². The maximum atomic E-state index is 5.72. The Balaban J connectivity index is 0.000000153. The second-order valence-electron chi connectivity index (χ2n) is 3.21. The van der Waals surface area contributed by atoms with Crippen molar-refractivity contribution >= 4 is 16.6 Å². The van der Waals surface area contributed by atoms with E-state index in [2.05, 4.69) is 19.9 Å². The zero-order valence-corrected chi connectivity index (χ0v) is 9.06. The number of hydrogen-bond acceptors (Lipinski definition) is 5. The van der Waals surface area contributed by atoms with Crippen LogP contribution in [0.25, 0.3) is 10.9 Å². The normalized spacial score (nSPS) is 9.41. The van der Waals surface area contributed by atoms with Crippen LogP contribution in [0.2, 0.25) is 0 Å². The Morgan fingerprint density at radius 3 is 2.06 bits per heavy atom. The predicted molar refractivity (Wildman–Crippen MR) is 66.0 cm³/mol. The molecule has 0 atom stereocenters. The van der Waals surface area contributed by atoms with Gasteiger partial charge in [-0.3, -0.25) is 4.98 Å². The van der Waals surface area contributed by atoms with Crippen LogP contribution in [-0.4, -0.2) is 19.9 Å². The van der Waals surface area contributed by atoms with Crippen molar-refractivity contribution in [1.29, 1.82) is 0 Å². The van der Waals surface area contributed by atoms with Crippen LogP contribution >= 0.6 is 0 Å². The van der Waals surface area contributed by atoms with Gasteiger partial charge < -0.3 is 5.73 Å². The number of rotatable bonds is 0. The number of anilines is 1. The fraction of sp³-hybridized carbons (Fsp3) is 0. The van der Waals surface area contributed by atoms with E-state index in [-0.39, 0.29) is 0 Å². The van der Waals surface area contributed by atoms with Crippen molar-refractivity contribution in [2.75, 3.05) is 5.73 Å². The summed E-state index contributed by atoms with van der Waals surface area (Å²) in [7, 11) is 0. The number of nitrogens with two attached hydrogens (primary N) is 1. The van der Waals surface area contributed by atoms with Crippen molar-refractivity contribution in [1.82, 2.24) is 19.9 Å². The number of hydrogen-bond donors (Lipinski definition) is 1. The number of nitrogens with zero attached hydrogens (tertiary/aromatic N) is 4. The van der Waals surface area contributed by atoms with Gasteiger partial charge in [-0.2, -0.15) is 0 Å². The average molecular weight is 225 g/mol. The Bertz CT molecular complexity index is 550. The van der Waals surface area contributed by atoms with E-state index in [0.717, 1.165) is 16.6 Å². The van der Waals surface area contributed by atoms with Crippen LogP contribution < -0.4 is 5.73 Å². The van der Waals surface area contributed by atoms with Gasteiger partial charge in [0.05, 0.1) is 5.52 Å². The lowest BCUT2D eigenvalue weighted by Gasteiger charge is -1.97. The molecule has 0 saturated heterocycles. The van der Waals surface area contributed by atoms with E-state index < -0.39 is 0 Å². The fourth-order valence-electron chi connectivity index (χ4n) is 1.32. The second kappa shape index (κ2) is 5.50. The molecule has 0 spiro atoms. The minimum absolute atomic E-state index is 0.788. The maximum absolute atomic E-state index is 5.72. The van der Waals surface area contributed by atoms with Gasteiger partial charge in [-0.25, -0.2) is 15.0 Å². The molecule has 0 aliphatic rings. The molecule has 0 aliphatic carbocycles. The van der Waals surface area contributed by atoms with Gasteiger partial charge >= 0.3 is 0 Å². The summed E-state index contributed by atoms with van der Waals surface area (Å²) in [6, 6.07) is 9.64. The molecule has 2 N–H and O–H groups in total. The number of nitrogen functional groups attached to an aromatic ring is 1. The van der Waals surface area contributed by atoms with Crippen molar-refractivity contribution in [2.24, 2.45) is 0 Å². The average Bonchev–Trinajstić information content (AvgIpc) is 2.42. The van der Waals surface area contributed by atoms with Gasteiger partial charge in [-0.05, 0) is 12.1 Å².